The highest BCUT2D eigenvalue weighted by molar-refractivity contribution is 5.73. The van der Waals surface area contributed by atoms with Crippen molar-refractivity contribution in [2.45, 2.75) is 37.5 Å². The van der Waals surface area contributed by atoms with E-state index in [-0.39, 0.29) is 0 Å². The van der Waals surface area contributed by atoms with Crippen molar-refractivity contribution in [3.8, 4) is 0 Å². The molecule has 0 bridgehead atoms. The summed E-state index contributed by atoms with van der Waals surface area (Å²) in [5.41, 5.74) is 6.61. The molecular formula is C8H15N4O5+. The maximum Gasteiger partial charge on any atom is 0.255 e. The first kappa shape index (κ1) is 13.7. The smallest absolute Gasteiger partial charge is 0.255 e. The van der Waals surface area contributed by atoms with Gasteiger partial charge in [0.05, 0.1) is 6.61 Å². The van der Waals surface area contributed by atoms with Crippen molar-refractivity contribution >= 4 is 5.91 Å². The predicted molar refractivity (Wildman–Crippen MR) is 52.6 cm³/mol. The number of carbonyl (C=O) groups excluding carboxylic acids is 1. The van der Waals surface area contributed by atoms with Crippen LogP contribution in [0.4, 0.5) is 0 Å². The zero-order chi connectivity index (χ0) is 13.0. The van der Waals surface area contributed by atoms with E-state index in [0.717, 1.165) is 0 Å². The fourth-order valence-corrected chi connectivity index (χ4v) is 1.64. The van der Waals surface area contributed by atoms with Gasteiger partial charge in [-0.25, -0.2) is 0 Å². The molecular weight excluding hydrogens is 232 g/mol. The van der Waals surface area contributed by atoms with Gasteiger partial charge in [0.1, 0.15) is 29.9 Å². The lowest BCUT2D eigenvalue weighted by molar-refractivity contribution is -0.194. The molecule has 0 unspecified atom stereocenters. The SMILES string of the molecule is CC(=O)N[C@@H]1[C@@H](O)[C@H](O)[C@@H](CO)O[C@H]1N=[N+]=N. The summed E-state index contributed by atoms with van der Waals surface area (Å²) in [7, 11) is 0. The van der Waals surface area contributed by atoms with E-state index in [4.69, 9.17) is 15.4 Å². The highest BCUT2D eigenvalue weighted by Crippen LogP contribution is 2.21. The highest BCUT2D eigenvalue weighted by atomic mass is 16.5. The van der Waals surface area contributed by atoms with Gasteiger partial charge >= 0.3 is 0 Å². The Morgan fingerprint density at radius 3 is 2.65 bits per heavy atom. The van der Waals surface area contributed by atoms with Crippen LogP contribution in [0.15, 0.2) is 5.11 Å². The van der Waals surface area contributed by atoms with Crippen LogP contribution in [-0.2, 0) is 9.53 Å². The van der Waals surface area contributed by atoms with Crippen molar-refractivity contribution in [2.75, 3.05) is 6.61 Å². The molecule has 1 rings (SSSR count). The second kappa shape index (κ2) is 5.80. The van der Waals surface area contributed by atoms with Crippen LogP contribution in [0.5, 0.6) is 0 Å². The van der Waals surface area contributed by atoms with Gasteiger partial charge in [-0.2, -0.15) is 0 Å². The van der Waals surface area contributed by atoms with Crippen molar-refractivity contribution in [1.29, 1.82) is 5.53 Å². The Kier molecular flexibility index (Phi) is 4.67. The fourth-order valence-electron chi connectivity index (χ4n) is 1.64. The van der Waals surface area contributed by atoms with Crippen LogP contribution >= 0.6 is 0 Å². The van der Waals surface area contributed by atoms with Gasteiger partial charge in [-0.3, -0.25) is 4.79 Å². The molecule has 0 aromatic rings. The highest BCUT2D eigenvalue weighted by Gasteiger charge is 2.47. The van der Waals surface area contributed by atoms with E-state index in [1.807, 2.05) is 0 Å². The second-order valence-electron chi connectivity index (χ2n) is 3.67. The molecule has 0 aromatic heterocycles. The maximum absolute atomic E-state index is 10.9. The largest absolute Gasteiger partial charge is 0.394 e. The summed E-state index contributed by atoms with van der Waals surface area (Å²) in [4.78, 5) is 13.7. The average Bonchev–Trinajstić information content (AvgIpc) is 2.28. The Morgan fingerprint density at radius 2 is 2.18 bits per heavy atom. The first-order valence-electron chi connectivity index (χ1n) is 4.97. The van der Waals surface area contributed by atoms with Crippen molar-refractivity contribution in [3.63, 3.8) is 0 Å². The third-order valence-corrected chi connectivity index (χ3v) is 2.44. The number of carbonyl (C=O) groups is 1. The summed E-state index contributed by atoms with van der Waals surface area (Å²) in [6, 6.07) is -1.01. The number of nitrogens with zero attached hydrogens (tertiary/aromatic N) is 2. The van der Waals surface area contributed by atoms with E-state index < -0.39 is 43.1 Å². The zero-order valence-electron chi connectivity index (χ0n) is 9.15. The Bertz CT molecular complexity index is 332. The van der Waals surface area contributed by atoms with Gasteiger partial charge in [-0.15, -0.1) is 0 Å². The van der Waals surface area contributed by atoms with Crippen LogP contribution in [-0.4, -0.2) is 58.4 Å². The van der Waals surface area contributed by atoms with Gasteiger partial charge in [0.2, 0.25) is 10.8 Å². The Labute approximate surface area is 96.6 Å². The minimum atomic E-state index is -1.36. The van der Waals surface area contributed by atoms with Crippen LogP contribution in [0.2, 0.25) is 0 Å². The molecule has 5 N–H and O–H groups in total. The second-order valence-corrected chi connectivity index (χ2v) is 3.67. The minimum Gasteiger partial charge on any atom is -0.394 e. The van der Waals surface area contributed by atoms with Gasteiger partial charge in [0, 0.05) is 6.92 Å². The maximum atomic E-state index is 10.9. The normalized spacial score (nSPS) is 37.1. The van der Waals surface area contributed by atoms with Gasteiger partial charge in [-0.1, -0.05) is 0 Å². The molecule has 0 radical (unpaired) electrons. The average molecular weight is 247 g/mol. The zero-order valence-corrected chi connectivity index (χ0v) is 9.15. The molecule has 1 amide bonds. The molecule has 1 saturated heterocycles. The van der Waals surface area contributed by atoms with Gasteiger partial charge in [0.25, 0.3) is 6.23 Å². The van der Waals surface area contributed by atoms with Crippen LogP contribution < -0.4 is 10.2 Å². The standard InChI is InChI=1S/C8H14N4O5/c1-3(14)10-5-7(16)6(15)4(2-13)17-8(5)11-12-9/h4-9,13,15-16H,2H2,1H3/p+1/t4-,5-,6-,7-,8-/m1/s1. The van der Waals surface area contributed by atoms with Gasteiger partial charge in [-0.05, 0) is 0 Å². The van der Waals surface area contributed by atoms with Crippen LogP contribution in [0.3, 0.4) is 0 Å². The lowest BCUT2D eigenvalue weighted by Gasteiger charge is -2.38. The van der Waals surface area contributed by atoms with E-state index in [2.05, 4.69) is 15.3 Å². The van der Waals surface area contributed by atoms with E-state index >= 15 is 0 Å². The Morgan fingerprint density at radius 1 is 1.53 bits per heavy atom. The molecule has 1 heterocycles. The predicted octanol–water partition coefficient (Wildman–Crippen LogP) is -2.52. The molecule has 0 aromatic carbocycles. The lowest BCUT2D eigenvalue weighted by Crippen LogP contribution is -2.63. The van der Waals surface area contributed by atoms with E-state index in [1.165, 1.54) is 6.92 Å². The summed E-state index contributed by atoms with van der Waals surface area (Å²) >= 11 is 0. The minimum absolute atomic E-state index is 0.447. The number of aliphatic hydroxyl groups is 3. The van der Waals surface area contributed by atoms with Crippen LogP contribution in [0, 0.1) is 5.53 Å². The van der Waals surface area contributed by atoms with Crippen LogP contribution in [0.1, 0.15) is 6.92 Å². The molecule has 1 aliphatic heterocycles. The van der Waals surface area contributed by atoms with Crippen molar-refractivity contribution < 1.29 is 24.9 Å². The Balaban J connectivity index is 2.90. The Hall–Kier alpha value is -1.38. The lowest BCUT2D eigenvalue weighted by atomic mass is 9.96. The molecule has 0 spiro atoms. The van der Waals surface area contributed by atoms with E-state index in [0.29, 0.717) is 0 Å². The van der Waals surface area contributed by atoms with Crippen LogP contribution in [0.25, 0.3) is 0 Å². The molecule has 1 fully saturated rings. The molecule has 0 aliphatic carbocycles. The summed E-state index contributed by atoms with van der Waals surface area (Å²) in [5.74, 6) is -0.447. The number of aliphatic hydroxyl groups excluding tert-OH is 3. The van der Waals surface area contributed by atoms with Gasteiger partial charge in [0.15, 0.2) is 5.11 Å². The first-order valence-corrected chi connectivity index (χ1v) is 4.97. The van der Waals surface area contributed by atoms with Crippen molar-refractivity contribution in [1.82, 2.24) is 10.2 Å². The topological polar surface area (TPSA) is 149 Å². The number of hydrogen-bond donors (Lipinski definition) is 5. The number of amides is 1. The molecule has 0 saturated carbocycles. The monoisotopic (exact) mass is 247 g/mol. The number of ether oxygens (including phenoxy) is 1. The molecule has 5 atom stereocenters. The summed E-state index contributed by atoms with van der Waals surface area (Å²) < 4.78 is 5.12. The number of nitrogens with one attached hydrogen (secondary N) is 2. The third kappa shape index (κ3) is 3.05. The molecule has 9 nitrogen and oxygen atoms in total. The van der Waals surface area contributed by atoms with Gasteiger partial charge < -0.3 is 25.4 Å². The molecule has 17 heavy (non-hydrogen) atoms. The fraction of sp³-hybridized carbons (Fsp3) is 0.875. The molecule has 9 heteroatoms. The summed E-state index contributed by atoms with van der Waals surface area (Å²) in [5, 5.41) is 34.0. The first-order chi connectivity index (χ1) is 8.01. The van der Waals surface area contributed by atoms with E-state index in [9.17, 15) is 15.0 Å². The van der Waals surface area contributed by atoms with Crippen molar-refractivity contribution in [2.24, 2.45) is 5.11 Å². The van der Waals surface area contributed by atoms with Crippen molar-refractivity contribution in [3.05, 3.63) is 0 Å². The quantitative estimate of drug-likeness (QED) is 0.275. The summed E-state index contributed by atoms with van der Waals surface area (Å²) in [6.45, 7) is 0.709. The third-order valence-electron chi connectivity index (χ3n) is 2.44. The number of hydrogen-bond acceptors (Lipinski definition) is 7. The molecule has 96 valence electrons. The summed E-state index contributed by atoms with van der Waals surface area (Å²) in [6.07, 6.45) is -4.87. The van der Waals surface area contributed by atoms with E-state index in [1.54, 1.807) is 0 Å². The number of rotatable bonds is 3. The molecule has 1 aliphatic rings.